The van der Waals surface area contributed by atoms with E-state index in [-0.39, 0.29) is 0 Å². The summed E-state index contributed by atoms with van der Waals surface area (Å²) in [6.07, 6.45) is -6.67. The van der Waals surface area contributed by atoms with E-state index in [9.17, 15) is 52.7 Å². The van der Waals surface area contributed by atoms with E-state index in [2.05, 4.69) is 0 Å². The van der Waals surface area contributed by atoms with Gasteiger partial charge in [0.25, 0.3) is 0 Å². The quantitative estimate of drug-likeness (QED) is 0.354. The Bertz CT molecular complexity index is 840. The van der Waals surface area contributed by atoms with Crippen molar-refractivity contribution in [2.45, 2.75) is 12.1 Å². The Morgan fingerprint density at radius 1 is 0.417 bits per heavy atom. The highest BCUT2D eigenvalue weighted by atomic mass is 19.4. The summed E-state index contributed by atoms with van der Waals surface area (Å²) in [5, 5.41) is -5.03. The molecule has 0 heterocycles. The molecule has 0 atom stereocenters. The highest BCUT2D eigenvalue weighted by Gasteiger charge is 2.61. The maximum atomic E-state index is 13.6. The maximum Gasteiger partial charge on any atom is 0.458 e. The summed E-state index contributed by atoms with van der Waals surface area (Å²) in [5.41, 5.74) is -3.21. The number of hydrogen-bond donors (Lipinski definition) is 0. The average Bonchev–Trinajstić information content (AvgIpc) is 2.46. The van der Waals surface area contributed by atoms with Crippen LogP contribution in [0.3, 0.4) is 0 Å². The molecule has 2 aromatic carbocycles. The van der Waals surface area contributed by atoms with Gasteiger partial charge in [0, 0.05) is 5.39 Å². The summed E-state index contributed by atoms with van der Waals surface area (Å²) in [7, 11) is 0. The lowest BCUT2D eigenvalue weighted by Gasteiger charge is -2.23. The lowest BCUT2D eigenvalue weighted by atomic mass is 9.96. The Hall–Kier alpha value is -2.14. The summed E-state index contributed by atoms with van der Waals surface area (Å²) in [5.74, 6) is -26.9. The van der Waals surface area contributed by atoms with Crippen LogP contribution in [0.5, 0.6) is 0 Å². The smallest absolute Gasteiger partial charge is 0.203 e. The average molecular weight is 372 g/mol. The van der Waals surface area contributed by atoms with Crippen LogP contribution in [0.25, 0.3) is 10.8 Å². The van der Waals surface area contributed by atoms with Crippen LogP contribution in [0.4, 0.5) is 52.7 Å². The summed E-state index contributed by atoms with van der Waals surface area (Å²) < 4.78 is 157. The molecule has 2 rings (SSSR count). The molecule has 0 saturated carbocycles. The molecule has 0 aromatic heterocycles. The zero-order chi connectivity index (χ0) is 18.8. The molecule has 2 aromatic rings. The minimum absolute atomic E-state index is 2.43. The second-order valence-corrected chi connectivity index (χ2v) is 4.40. The van der Waals surface area contributed by atoms with Gasteiger partial charge in [0.1, 0.15) is 0 Å². The van der Waals surface area contributed by atoms with Gasteiger partial charge in [-0.05, 0) is 0 Å². The molecule has 0 radical (unpaired) electrons. The second kappa shape index (κ2) is 5.18. The normalized spacial score (nSPS) is 13.0. The molecule has 0 fully saturated rings. The van der Waals surface area contributed by atoms with Crippen LogP contribution in [0.15, 0.2) is 0 Å². The Balaban J connectivity index is 3.24. The molecule has 0 aliphatic heterocycles. The molecule has 0 nitrogen and oxygen atoms in total. The predicted molar refractivity (Wildman–Crippen MR) is 53.6 cm³/mol. The van der Waals surface area contributed by atoms with E-state index < -0.39 is 69.2 Å². The Morgan fingerprint density at radius 3 is 1.12 bits per heavy atom. The Labute approximate surface area is 123 Å². The van der Waals surface area contributed by atoms with E-state index in [1.807, 2.05) is 0 Å². The minimum atomic E-state index is -6.67. The van der Waals surface area contributed by atoms with Gasteiger partial charge < -0.3 is 0 Å². The largest absolute Gasteiger partial charge is 0.458 e. The number of alkyl halides is 5. The van der Waals surface area contributed by atoms with Crippen molar-refractivity contribution in [2.75, 3.05) is 0 Å². The van der Waals surface area contributed by atoms with Crippen molar-refractivity contribution >= 4 is 10.8 Å². The predicted octanol–water partition coefficient (Wildman–Crippen LogP) is 5.47. The molecule has 132 valence electrons. The van der Waals surface area contributed by atoms with Crippen molar-refractivity contribution < 1.29 is 52.7 Å². The molecule has 24 heavy (non-hydrogen) atoms. The Morgan fingerprint density at radius 2 is 0.750 bits per heavy atom. The third-order valence-corrected chi connectivity index (χ3v) is 3.01. The van der Waals surface area contributed by atoms with Crippen LogP contribution in [-0.4, -0.2) is 6.18 Å². The van der Waals surface area contributed by atoms with E-state index in [0.29, 0.717) is 0 Å². The number of fused-ring (bicyclic) bond motifs is 1. The van der Waals surface area contributed by atoms with E-state index in [4.69, 9.17) is 0 Å². The van der Waals surface area contributed by atoms with Crippen molar-refractivity contribution in [3.63, 3.8) is 0 Å². The molecule has 0 amide bonds. The first-order valence-corrected chi connectivity index (χ1v) is 5.52. The van der Waals surface area contributed by atoms with Gasteiger partial charge in [-0.1, -0.05) is 0 Å². The molecule has 0 saturated heterocycles. The fraction of sp³-hybridized carbons (Fsp3) is 0.167. The summed E-state index contributed by atoms with van der Waals surface area (Å²) in [4.78, 5) is 0. The SMILES string of the molecule is Fc1c(F)c(F)c2c(C(F)(F)C(F)(F)F)c(F)c(F)c(F)c2c1F. The van der Waals surface area contributed by atoms with Gasteiger partial charge in [-0.25, -0.2) is 30.7 Å². The number of hydrogen-bond acceptors (Lipinski definition) is 0. The lowest BCUT2D eigenvalue weighted by Crippen LogP contribution is -2.35. The lowest BCUT2D eigenvalue weighted by molar-refractivity contribution is -0.289. The standard InChI is InChI=1S/C12F12/c13-4-1-2(6(15)10(19)9(4)18)5(14)8(17)7(16)3(1)11(20,21)12(22,23)24. The number of rotatable bonds is 1. The highest BCUT2D eigenvalue weighted by molar-refractivity contribution is 5.89. The van der Waals surface area contributed by atoms with Crippen molar-refractivity contribution in [1.29, 1.82) is 0 Å². The summed E-state index contributed by atoms with van der Waals surface area (Å²) >= 11 is 0. The Kier molecular flexibility index (Phi) is 3.93. The van der Waals surface area contributed by atoms with E-state index in [1.165, 1.54) is 0 Å². The van der Waals surface area contributed by atoms with E-state index in [1.54, 1.807) is 0 Å². The van der Waals surface area contributed by atoms with Crippen LogP contribution in [-0.2, 0) is 5.92 Å². The number of halogens is 12. The molecule has 0 N–H and O–H groups in total. The first-order chi connectivity index (χ1) is 10.7. The molecule has 0 aliphatic rings. The van der Waals surface area contributed by atoms with Gasteiger partial charge in [-0.2, -0.15) is 22.0 Å². The summed E-state index contributed by atoms with van der Waals surface area (Å²) in [6.45, 7) is 0. The topological polar surface area (TPSA) is 0 Å². The molecule has 0 spiro atoms. The maximum absolute atomic E-state index is 13.6. The number of benzene rings is 2. The highest BCUT2D eigenvalue weighted by Crippen LogP contribution is 2.49. The van der Waals surface area contributed by atoms with Crippen molar-refractivity contribution in [3.8, 4) is 0 Å². The van der Waals surface area contributed by atoms with Gasteiger partial charge >= 0.3 is 12.1 Å². The van der Waals surface area contributed by atoms with Gasteiger partial charge in [-0.3, -0.25) is 0 Å². The molecular weight excluding hydrogens is 372 g/mol. The zero-order valence-corrected chi connectivity index (χ0v) is 10.5. The molecule has 0 unspecified atom stereocenters. The van der Waals surface area contributed by atoms with E-state index >= 15 is 0 Å². The minimum Gasteiger partial charge on any atom is -0.203 e. The van der Waals surface area contributed by atoms with Gasteiger partial charge in [0.15, 0.2) is 40.7 Å². The second-order valence-electron chi connectivity index (χ2n) is 4.40. The van der Waals surface area contributed by atoms with Crippen LogP contribution < -0.4 is 0 Å². The monoisotopic (exact) mass is 372 g/mol. The third kappa shape index (κ3) is 2.18. The summed E-state index contributed by atoms with van der Waals surface area (Å²) in [6, 6.07) is 0. The third-order valence-electron chi connectivity index (χ3n) is 3.01. The van der Waals surface area contributed by atoms with Crippen LogP contribution in [0.1, 0.15) is 5.56 Å². The van der Waals surface area contributed by atoms with Crippen molar-refractivity contribution in [2.24, 2.45) is 0 Å². The van der Waals surface area contributed by atoms with Gasteiger partial charge in [-0.15, -0.1) is 0 Å². The molecule has 0 aliphatic carbocycles. The van der Waals surface area contributed by atoms with Crippen LogP contribution >= 0.6 is 0 Å². The van der Waals surface area contributed by atoms with Crippen LogP contribution in [0, 0.1) is 40.7 Å². The van der Waals surface area contributed by atoms with Crippen molar-refractivity contribution in [3.05, 3.63) is 46.3 Å². The van der Waals surface area contributed by atoms with Crippen molar-refractivity contribution in [1.82, 2.24) is 0 Å². The zero-order valence-electron chi connectivity index (χ0n) is 10.5. The fourth-order valence-corrected chi connectivity index (χ4v) is 1.93. The van der Waals surface area contributed by atoms with E-state index in [0.717, 1.165) is 0 Å². The van der Waals surface area contributed by atoms with Crippen LogP contribution in [0.2, 0.25) is 0 Å². The van der Waals surface area contributed by atoms with Gasteiger partial charge in [0.05, 0.1) is 10.9 Å². The van der Waals surface area contributed by atoms with Gasteiger partial charge in [0.2, 0.25) is 0 Å². The fourth-order valence-electron chi connectivity index (χ4n) is 1.93. The molecule has 0 bridgehead atoms. The first-order valence-electron chi connectivity index (χ1n) is 5.52. The first kappa shape index (κ1) is 18.2. The molecular formula is C12F12. The molecule has 12 heteroatoms.